The first-order valence-corrected chi connectivity index (χ1v) is 6.34. The molecule has 1 aliphatic rings. The number of hydrogen-bond donors (Lipinski definition) is 4. The molecule has 0 saturated carbocycles. The number of nitrogen functional groups attached to an aromatic ring is 1. The Bertz CT molecular complexity index is 640. The van der Waals surface area contributed by atoms with Gasteiger partial charge in [-0.1, -0.05) is 6.07 Å². The van der Waals surface area contributed by atoms with Crippen LogP contribution in [0.4, 0.5) is 5.69 Å². The number of rotatable bonds is 2. The smallest absolute Gasteiger partial charge is 0.167 e. The van der Waals surface area contributed by atoms with Crippen molar-refractivity contribution in [1.29, 1.82) is 0 Å². The Kier molecular flexibility index (Phi) is 2.94. The van der Waals surface area contributed by atoms with E-state index in [0.29, 0.717) is 16.7 Å². The number of anilines is 1. The second kappa shape index (κ2) is 4.42. The van der Waals surface area contributed by atoms with Crippen LogP contribution in [0.3, 0.4) is 0 Å². The zero-order valence-electron chi connectivity index (χ0n) is 11.0. The van der Waals surface area contributed by atoms with Crippen LogP contribution in [0.1, 0.15) is 13.2 Å². The molecule has 0 aliphatic carbocycles. The third-order valence-electron chi connectivity index (χ3n) is 3.82. The highest BCUT2D eigenvalue weighted by atomic mass is 16.6. The Hall–Kier alpha value is -1.67. The Morgan fingerprint density at radius 2 is 2.25 bits per heavy atom. The molecule has 2 heterocycles. The highest BCUT2D eigenvalue weighted by Gasteiger charge is 2.53. The first-order chi connectivity index (χ1) is 9.46. The lowest BCUT2D eigenvalue weighted by Crippen LogP contribution is -2.44. The van der Waals surface area contributed by atoms with Gasteiger partial charge < -0.3 is 30.4 Å². The van der Waals surface area contributed by atoms with Gasteiger partial charge in [0.15, 0.2) is 6.23 Å². The zero-order valence-corrected chi connectivity index (χ0v) is 11.0. The number of imidazole rings is 1. The minimum atomic E-state index is -1.54. The van der Waals surface area contributed by atoms with E-state index < -0.39 is 24.0 Å². The van der Waals surface area contributed by atoms with Crippen molar-refractivity contribution in [2.24, 2.45) is 0 Å². The molecule has 4 atom stereocenters. The molecule has 108 valence electrons. The number of aliphatic hydroxyl groups is 3. The van der Waals surface area contributed by atoms with E-state index in [1.54, 1.807) is 22.8 Å². The summed E-state index contributed by atoms with van der Waals surface area (Å²) in [5.74, 6) is 0. The first-order valence-electron chi connectivity index (χ1n) is 6.34. The predicted octanol–water partition coefficient (Wildman–Crippen LogP) is -0.380. The van der Waals surface area contributed by atoms with Gasteiger partial charge in [-0.25, -0.2) is 4.98 Å². The molecule has 1 aromatic heterocycles. The van der Waals surface area contributed by atoms with Crippen molar-refractivity contribution in [1.82, 2.24) is 9.55 Å². The molecule has 1 unspecified atom stereocenters. The maximum atomic E-state index is 10.5. The fourth-order valence-electron chi connectivity index (χ4n) is 2.66. The van der Waals surface area contributed by atoms with Crippen LogP contribution in [0, 0.1) is 0 Å². The van der Waals surface area contributed by atoms with Crippen molar-refractivity contribution in [3.8, 4) is 0 Å². The summed E-state index contributed by atoms with van der Waals surface area (Å²) in [5, 5.41) is 29.7. The highest BCUT2D eigenvalue weighted by molar-refractivity contribution is 5.87. The lowest BCUT2D eigenvalue weighted by atomic mass is 9.96. The molecule has 0 radical (unpaired) electrons. The Morgan fingerprint density at radius 1 is 1.50 bits per heavy atom. The van der Waals surface area contributed by atoms with Gasteiger partial charge in [0.2, 0.25) is 0 Å². The summed E-state index contributed by atoms with van der Waals surface area (Å²) in [7, 11) is 0. The number of hydrogen-bond acceptors (Lipinski definition) is 6. The van der Waals surface area contributed by atoms with Gasteiger partial charge in [0, 0.05) is 0 Å². The number of nitrogens with two attached hydrogens (primary N) is 1. The molecule has 7 heteroatoms. The number of aromatic nitrogens is 2. The monoisotopic (exact) mass is 279 g/mol. The molecule has 1 fully saturated rings. The third-order valence-corrected chi connectivity index (χ3v) is 3.82. The standard InChI is InChI=1S/C13H17N3O4/c1-13(19)11(18)9(5-17)20-12(13)16-6-15-10-7(14)3-2-4-8(10)16/h2-4,6,9,11-12,17-19H,5,14H2,1H3/t9-,11?,12-,13-/m1/s1. The van der Waals surface area contributed by atoms with E-state index in [1.165, 1.54) is 13.3 Å². The summed E-state index contributed by atoms with van der Waals surface area (Å²) in [5.41, 5.74) is 6.14. The number of benzene rings is 1. The summed E-state index contributed by atoms with van der Waals surface area (Å²) in [4.78, 5) is 4.21. The van der Waals surface area contributed by atoms with E-state index in [4.69, 9.17) is 10.5 Å². The maximum absolute atomic E-state index is 10.5. The lowest BCUT2D eigenvalue weighted by Gasteiger charge is -2.27. The van der Waals surface area contributed by atoms with Gasteiger partial charge >= 0.3 is 0 Å². The van der Waals surface area contributed by atoms with Crippen molar-refractivity contribution < 1.29 is 20.1 Å². The number of aliphatic hydroxyl groups excluding tert-OH is 2. The number of nitrogens with zero attached hydrogens (tertiary/aromatic N) is 2. The second-order valence-electron chi connectivity index (χ2n) is 5.25. The predicted molar refractivity (Wildman–Crippen MR) is 71.8 cm³/mol. The van der Waals surface area contributed by atoms with Crippen molar-refractivity contribution in [2.75, 3.05) is 12.3 Å². The Labute approximate surface area is 115 Å². The average Bonchev–Trinajstić information content (AvgIpc) is 2.92. The molecule has 3 rings (SSSR count). The number of ether oxygens (including phenoxy) is 1. The van der Waals surface area contributed by atoms with E-state index >= 15 is 0 Å². The third kappa shape index (κ3) is 1.71. The molecule has 20 heavy (non-hydrogen) atoms. The van der Waals surface area contributed by atoms with Crippen LogP contribution in [0.15, 0.2) is 24.5 Å². The van der Waals surface area contributed by atoms with Crippen LogP contribution in [0.5, 0.6) is 0 Å². The van der Waals surface area contributed by atoms with Crippen LogP contribution < -0.4 is 5.73 Å². The fraction of sp³-hybridized carbons (Fsp3) is 0.462. The van der Waals surface area contributed by atoms with E-state index in [9.17, 15) is 15.3 Å². The summed E-state index contributed by atoms with van der Waals surface area (Å²) in [6, 6.07) is 5.31. The van der Waals surface area contributed by atoms with Crippen molar-refractivity contribution >= 4 is 16.7 Å². The second-order valence-corrected chi connectivity index (χ2v) is 5.25. The first kappa shape index (κ1) is 13.3. The minimum Gasteiger partial charge on any atom is -0.397 e. The normalized spacial score (nSPS) is 33.9. The number of para-hydroxylation sites is 1. The molecule has 0 bridgehead atoms. The maximum Gasteiger partial charge on any atom is 0.167 e. The average molecular weight is 279 g/mol. The fourth-order valence-corrected chi connectivity index (χ4v) is 2.66. The number of fused-ring (bicyclic) bond motifs is 1. The van der Waals surface area contributed by atoms with Gasteiger partial charge in [-0.15, -0.1) is 0 Å². The van der Waals surface area contributed by atoms with Gasteiger partial charge in [-0.05, 0) is 19.1 Å². The largest absolute Gasteiger partial charge is 0.397 e. The van der Waals surface area contributed by atoms with Crippen molar-refractivity contribution in [3.63, 3.8) is 0 Å². The lowest BCUT2D eigenvalue weighted by molar-refractivity contribution is -0.0948. The quantitative estimate of drug-likeness (QED) is 0.557. The van der Waals surface area contributed by atoms with E-state index in [-0.39, 0.29) is 6.61 Å². The summed E-state index contributed by atoms with van der Waals surface area (Å²) in [6.45, 7) is 1.10. The van der Waals surface area contributed by atoms with Gasteiger partial charge in [-0.3, -0.25) is 0 Å². The van der Waals surface area contributed by atoms with Crippen molar-refractivity contribution in [3.05, 3.63) is 24.5 Å². The Balaban J connectivity index is 2.10. The van der Waals surface area contributed by atoms with Crippen molar-refractivity contribution in [2.45, 2.75) is 31.0 Å². The van der Waals surface area contributed by atoms with Crippen LogP contribution in [-0.4, -0.2) is 49.3 Å². The molecule has 1 aliphatic heterocycles. The van der Waals surface area contributed by atoms with Crippen LogP contribution >= 0.6 is 0 Å². The van der Waals surface area contributed by atoms with Gasteiger partial charge in [0.05, 0.1) is 24.1 Å². The molecule has 2 aromatic rings. The molecule has 5 N–H and O–H groups in total. The summed E-state index contributed by atoms with van der Waals surface area (Å²) in [6.07, 6.45) is -1.36. The molecule has 0 amide bonds. The molecule has 1 aromatic carbocycles. The topological polar surface area (TPSA) is 114 Å². The minimum absolute atomic E-state index is 0.372. The molecule has 1 saturated heterocycles. The molecular weight excluding hydrogens is 262 g/mol. The molecule has 7 nitrogen and oxygen atoms in total. The zero-order chi connectivity index (χ0) is 14.5. The van der Waals surface area contributed by atoms with Crippen LogP contribution in [0.2, 0.25) is 0 Å². The summed E-state index contributed by atoms with van der Waals surface area (Å²) < 4.78 is 7.18. The van der Waals surface area contributed by atoms with Crippen LogP contribution in [-0.2, 0) is 4.74 Å². The van der Waals surface area contributed by atoms with Gasteiger partial charge in [0.25, 0.3) is 0 Å². The summed E-state index contributed by atoms with van der Waals surface area (Å²) >= 11 is 0. The van der Waals surface area contributed by atoms with E-state index in [2.05, 4.69) is 4.98 Å². The van der Waals surface area contributed by atoms with Gasteiger partial charge in [0.1, 0.15) is 23.3 Å². The SMILES string of the molecule is C[C@@]1(O)C(O)[C@@H](CO)O[C@H]1n1cnc2c(N)cccc21. The molecular formula is C13H17N3O4. The van der Waals surface area contributed by atoms with E-state index in [0.717, 1.165) is 0 Å². The Morgan fingerprint density at radius 3 is 2.90 bits per heavy atom. The van der Waals surface area contributed by atoms with Crippen LogP contribution in [0.25, 0.3) is 11.0 Å². The van der Waals surface area contributed by atoms with Gasteiger partial charge in [-0.2, -0.15) is 0 Å². The highest BCUT2D eigenvalue weighted by Crippen LogP contribution is 2.39. The molecule has 0 spiro atoms. The van der Waals surface area contributed by atoms with E-state index in [1.807, 2.05) is 0 Å².